The van der Waals surface area contributed by atoms with Crippen molar-refractivity contribution in [2.24, 2.45) is 0 Å². The Bertz CT molecular complexity index is 1190. The lowest BCUT2D eigenvalue weighted by molar-refractivity contribution is -0.125. The Morgan fingerprint density at radius 2 is 1.81 bits per heavy atom. The number of halogens is 1. The number of benzene rings is 3. The van der Waals surface area contributed by atoms with Gasteiger partial charge in [-0.15, -0.1) is 0 Å². The van der Waals surface area contributed by atoms with Crippen LogP contribution >= 0.6 is 11.6 Å². The number of rotatable bonds is 6. The second-order valence-corrected chi connectivity index (χ2v) is 8.76. The highest BCUT2D eigenvalue weighted by Gasteiger charge is 2.40. The summed E-state index contributed by atoms with van der Waals surface area (Å²) in [6.45, 7) is 4.60. The van der Waals surface area contributed by atoms with Crippen LogP contribution in [0.25, 0.3) is 0 Å². The van der Waals surface area contributed by atoms with E-state index in [2.05, 4.69) is 30.4 Å². The van der Waals surface area contributed by atoms with Crippen LogP contribution in [0.1, 0.15) is 40.4 Å². The Kier molecular flexibility index (Phi) is 6.15. The van der Waals surface area contributed by atoms with E-state index in [1.165, 1.54) is 5.56 Å². The van der Waals surface area contributed by atoms with Gasteiger partial charge < -0.3 is 10.2 Å². The van der Waals surface area contributed by atoms with Gasteiger partial charge in [0.15, 0.2) is 5.78 Å². The van der Waals surface area contributed by atoms with Gasteiger partial charge >= 0.3 is 0 Å². The van der Waals surface area contributed by atoms with Crippen molar-refractivity contribution < 1.29 is 9.59 Å². The topological polar surface area (TPSA) is 49.4 Å². The molecule has 1 amide bonds. The number of carbonyl (C=O) groups excluding carboxylic acids is 2. The first-order valence-electron chi connectivity index (χ1n) is 10.6. The number of hydrogen-bond donors (Lipinski definition) is 1. The standard InChI is InChI=1S/C27H25ClN2O2/c1-19-8-6-9-20(16-19)18-30-15-7-14-27(30,2)26(32)29-24-13-12-22(28)17-23(24)25(31)21-10-4-3-5-11-21/h3-13,15-17H,14,18H2,1-2H3,(H,29,32)/t27-/m1/s1. The first-order chi connectivity index (χ1) is 15.4. The SMILES string of the molecule is Cc1cccc(CN2C=CC[C@]2(C)C(=O)Nc2ccc(Cl)cc2C(=O)c2ccccc2)c1. The molecule has 162 valence electrons. The summed E-state index contributed by atoms with van der Waals surface area (Å²) >= 11 is 6.18. The van der Waals surface area contributed by atoms with Gasteiger partial charge in [-0.3, -0.25) is 9.59 Å². The number of carbonyl (C=O) groups is 2. The van der Waals surface area contributed by atoms with Crippen LogP contribution in [-0.4, -0.2) is 22.1 Å². The summed E-state index contributed by atoms with van der Waals surface area (Å²) in [6.07, 6.45) is 4.56. The molecule has 1 aliphatic heterocycles. The van der Waals surface area contributed by atoms with Crippen LogP contribution in [0, 0.1) is 6.92 Å². The van der Waals surface area contributed by atoms with Crippen LogP contribution < -0.4 is 5.32 Å². The summed E-state index contributed by atoms with van der Waals surface area (Å²) in [6, 6.07) is 22.2. The van der Waals surface area contributed by atoms with Crippen LogP contribution in [0.15, 0.2) is 85.1 Å². The number of amides is 1. The molecule has 0 unspecified atom stereocenters. The molecule has 4 nitrogen and oxygen atoms in total. The average molecular weight is 445 g/mol. The highest BCUT2D eigenvalue weighted by atomic mass is 35.5. The highest BCUT2D eigenvalue weighted by Crippen LogP contribution is 2.32. The third-order valence-corrected chi connectivity index (χ3v) is 6.10. The smallest absolute Gasteiger partial charge is 0.250 e. The van der Waals surface area contributed by atoms with Gasteiger partial charge in [0, 0.05) is 22.7 Å². The predicted octanol–water partition coefficient (Wildman–Crippen LogP) is 6.00. The molecule has 0 fully saturated rings. The van der Waals surface area contributed by atoms with E-state index in [0.717, 1.165) is 5.56 Å². The van der Waals surface area contributed by atoms with Crippen LogP contribution in [-0.2, 0) is 11.3 Å². The molecule has 0 saturated carbocycles. The molecule has 1 aliphatic rings. The summed E-state index contributed by atoms with van der Waals surface area (Å²) < 4.78 is 0. The molecule has 0 spiro atoms. The zero-order valence-electron chi connectivity index (χ0n) is 18.1. The Hall–Kier alpha value is -3.37. The zero-order valence-corrected chi connectivity index (χ0v) is 18.9. The number of nitrogens with zero attached hydrogens (tertiary/aromatic N) is 1. The summed E-state index contributed by atoms with van der Waals surface area (Å²) in [5, 5.41) is 3.44. The minimum atomic E-state index is -0.767. The molecular formula is C27H25ClN2O2. The van der Waals surface area contributed by atoms with E-state index in [4.69, 9.17) is 11.6 Å². The van der Waals surface area contributed by atoms with Crippen molar-refractivity contribution in [3.05, 3.63) is 112 Å². The molecule has 0 aliphatic carbocycles. The lowest BCUT2D eigenvalue weighted by Gasteiger charge is -2.35. The predicted molar refractivity (Wildman–Crippen MR) is 129 cm³/mol. The second kappa shape index (κ2) is 9.01. The summed E-state index contributed by atoms with van der Waals surface area (Å²) in [5.74, 6) is -0.352. The molecule has 5 heteroatoms. The van der Waals surface area contributed by atoms with E-state index in [9.17, 15) is 9.59 Å². The fourth-order valence-electron chi connectivity index (χ4n) is 3.96. The average Bonchev–Trinajstić information content (AvgIpc) is 3.16. The van der Waals surface area contributed by atoms with E-state index in [-0.39, 0.29) is 11.7 Å². The monoisotopic (exact) mass is 444 g/mol. The largest absolute Gasteiger partial charge is 0.359 e. The highest BCUT2D eigenvalue weighted by molar-refractivity contribution is 6.31. The zero-order chi connectivity index (χ0) is 22.7. The third-order valence-electron chi connectivity index (χ3n) is 5.87. The fraction of sp³-hybridized carbons (Fsp3) is 0.185. The van der Waals surface area contributed by atoms with Crippen molar-refractivity contribution in [1.29, 1.82) is 0 Å². The first-order valence-corrected chi connectivity index (χ1v) is 10.9. The first kappa shape index (κ1) is 21.8. The minimum Gasteiger partial charge on any atom is -0.359 e. The molecule has 0 bridgehead atoms. The van der Waals surface area contributed by atoms with Crippen molar-refractivity contribution in [2.45, 2.75) is 32.4 Å². The van der Waals surface area contributed by atoms with Gasteiger partial charge in [0.2, 0.25) is 5.91 Å². The summed E-state index contributed by atoms with van der Waals surface area (Å²) in [4.78, 5) is 28.6. The number of hydrogen-bond acceptors (Lipinski definition) is 3. The van der Waals surface area contributed by atoms with Gasteiger partial charge in [-0.05, 0) is 50.2 Å². The van der Waals surface area contributed by atoms with Gasteiger partial charge in [0.1, 0.15) is 5.54 Å². The van der Waals surface area contributed by atoms with E-state index in [1.54, 1.807) is 30.3 Å². The molecule has 1 N–H and O–H groups in total. The van der Waals surface area contributed by atoms with Gasteiger partial charge in [0.25, 0.3) is 0 Å². The van der Waals surface area contributed by atoms with E-state index in [0.29, 0.717) is 34.8 Å². The molecule has 0 aromatic heterocycles. The van der Waals surface area contributed by atoms with Crippen LogP contribution in [0.2, 0.25) is 5.02 Å². The lowest BCUT2D eigenvalue weighted by Crippen LogP contribution is -2.49. The molecule has 0 radical (unpaired) electrons. The van der Waals surface area contributed by atoms with Crippen LogP contribution in [0.3, 0.4) is 0 Å². The number of anilines is 1. The third kappa shape index (κ3) is 4.46. The van der Waals surface area contributed by atoms with Gasteiger partial charge in [0.05, 0.1) is 5.69 Å². The Morgan fingerprint density at radius 1 is 1.03 bits per heavy atom. The number of nitrogens with one attached hydrogen (secondary N) is 1. The summed E-state index contributed by atoms with van der Waals surface area (Å²) in [5.41, 5.74) is 2.93. The van der Waals surface area contributed by atoms with Crippen molar-refractivity contribution in [3.63, 3.8) is 0 Å². The second-order valence-electron chi connectivity index (χ2n) is 8.32. The summed E-state index contributed by atoms with van der Waals surface area (Å²) in [7, 11) is 0. The van der Waals surface area contributed by atoms with Crippen molar-refractivity contribution in [1.82, 2.24) is 4.90 Å². The normalized spacial score (nSPS) is 17.4. The molecule has 4 rings (SSSR count). The van der Waals surface area contributed by atoms with Crippen LogP contribution in [0.4, 0.5) is 5.69 Å². The number of aryl methyl sites for hydroxylation is 1. The van der Waals surface area contributed by atoms with E-state index >= 15 is 0 Å². The maximum Gasteiger partial charge on any atom is 0.250 e. The quantitative estimate of drug-likeness (QED) is 0.474. The van der Waals surface area contributed by atoms with Crippen molar-refractivity contribution in [2.75, 3.05) is 5.32 Å². The Labute approximate surface area is 193 Å². The molecular weight excluding hydrogens is 420 g/mol. The van der Waals surface area contributed by atoms with Gasteiger partial charge in [-0.2, -0.15) is 0 Å². The molecule has 1 atom stereocenters. The minimum absolute atomic E-state index is 0.167. The van der Waals surface area contributed by atoms with E-state index < -0.39 is 5.54 Å². The van der Waals surface area contributed by atoms with E-state index in [1.807, 2.05) is 48.4 Å². The van der Waals surface area contributed by atoms with Crippen molar-refractivity contribution >= 4 is 29.0 Å². The Balaban J connectivity index is 1.59. The van der Waals surface area contributed by atoms with Gasteiger partial charge in [-0.25, -0.2) is 0 Å². The Morgan fingerprint density at radius 3 is 2.56 bits per heavy atom. The maximum atomic E-state index is 13.5. The molecule has 3 aromatic carbocycles. The van der Waals surface area contributed by atoms with Gasteiger partial charge in [-0.1, -0.05) is 77.8 Å². The fourth-order valence-corrected chi connectivity index (χ4v) is 4.14. The molecule has 3 aromatic rings. The number of ketones is 1. The lowest BCUT2D eigenvalue weighted by atomic mass is 9.95. The molecule has 1 heterocycles. The molecule has 32 heavy (non-hydrogen) atoms. The molecule has 0 saturated heterocycles. The maximum absolute atomic E-state index is 13.5. The van der Waals surface area contributed by atoms with Crippen LogP contribution in [0.5, 0.6) is 0 Å². The van der Waals surface area contributed by atoms with Crippen molar-refractivity contribution in [3.8, 4) is 0 Å².